The second-order valence-electron chi connectivity index (χ2n) is 4.60. The SMILES string of the molecule is CCCOCCC(Cc1ccc(F)cc1Br)NCC. The van der Waals surface area contributed by atoms with E-state index in [9.17, 15) is 4.39 Å². The van der Waals surface area contributed by atoms with Crippen molar-refractivity contribution in [1.82, 2.24) is 5.32 Å². The number of benzene rings is 1. The highest BCUT2D eigenvalue weighted by atomic mass is 79.9. The fourth-order valence-corrected chi connectivity index (χ4v) is 2.50. The monoisotopic (exact) mass is 331 g/mol. The molecule has 1 aromatic carbocycles. The van der Waals surface area contributed by atoms with E-state index in [4.69, 9.17) is 4.74 Å². The molecule has 4 heteroatoms. The summed E-state index contributed by atoms with van der Waals surface area (Å²) in [5.74, 6) is -0.207. The summed E-state index contributed by atoms with van der Waals surface area (Å²) in [6, 6.07) is 5.24. The second-order valence-corrected chi connectivity index (χ2v) is 5.45. The summed E-state index contributed by atoms with van der Waals surface area (Å²) in [4.78, 5) is 0. The van der Waals surface area contributed by atoms with Gasteiger partial charge in [-0.3, -0.25) is 0 Å². The van der Waals surface area contributed by atoms with Crippen molar-refractivity contribution in [2.75, 3.05) is 19.8 Å². The Morgan fingerprint density at radius 3 is 2.74 bits per heavy atom. The van der Waals surface area contributed by atoms with E-state index in [0.29, 0.717) is 6.04 Å². The van der Waals surface area contributed by atoms with Crippen LogP contribution in [0.5, 0.6) is 0 Å². The van der Waals surface area contributed by atoms with Crippen LogP contribution in [0.25, 0.3) is 0 Å². The Hall–Kier alpha value is -0.450. The zero-order valence-electron chi connectivity index (χ0n) is 11.7. The fraction of sp³-hybridized carbons (Fsp3) is 0.600. The molecule has 0 aliphatic heterocycles. The molecule has 0 spiro atoms. The molecule has 0 amide bonds. The van der Waals surface area contributed by atoms with Crippen molar-refractivity contribution >= 4 is 15.9 Å². The number of hydrogen-bond acceptors (Lipinski definition) is 2. The van der Waals surface area contributed by atoms with Gasteiger partial charge in [0, 0.05) is 23.7 Å². The van der Waals surface area contributed by atoms with Crippen LogP contribution in [-0.2, 0) is 11.2 Å². The molecular weight excluding hydrogens is 309 g/mol. The minimum Gasteiger partial charge on any atom is -0.381 e. The first-order valence-corrected chi connectivity index (χ1v) is 7.71. The lowest BCUT2D eigenvalue weighted by Crippen LogP contribution is -2.32. The summed E-state index contributed by atoms with van der Waals surface area (Å²) in [7, 11) is 0. The number of ether oxygens (including phenoxy) is 1. The Bertz CT molecular complexity index is 373. The molecule has 108 valence electrons. The summed E-state index contributed by atoms with van der Waals surface area (Å²) >= 11 is 3.42. The summed E-state index contributed by atoms with van der Waals surface area (Å²) < 4.78 is 19.4. The van der Waals surface area contributed by atoms with Gasteiger partial charge in [-0.15, -0.1) is 0 Å². The lowest BCUT2D eigenvalue weighted by molar-refractivity contribution is 0.124. The van der Waals surface area contributed by atoms with Gasteiger partial charge >= 0.3 is 0 Å². The van der Waals surface area contributed by atoms with Gasteiger partial charge in [0.25, 0.3) is 0 Å². The average Bonchev–Trinajstić information content (AvgIpc) is 2.38. The largest absolute Gasteiger partial charge is 0.381 e. The lowest BCUT2D eigenvalue weighted by Gasteiger charge is -2.18. The maximum atomic E-state index is 13.1. The third-order valence-electron chi connectivity index (χ3n) is 2.93. The molecule has 0 radical (unpaired) electrons. The Kier molecular flexibility index (Phi) is 8.26. The van der Waals surface area contributed by atoms with Gasteiger partial charge in [0.1, 0.15) is 5.82 Å². The molecule has 0 heterocycles. The van der Waals surface area contributed by atoms with Crippen LogP contribution < -0.4 is 5.32 Å². The van der Waals surface area contributed by atoms with Crippen LogP contribution in [0.4, 0.5) is 4.39 Å². The molecule has 0 fully saturated rings. The Balaban J connectivity index is 2.51. The number of rotatable bonds is 9. The molecule has 0 aromatic heterocycles. The molecule has 1 rings (SSSR count). The van der Waals surface area contributed by atoms with Gasteiger partial charge in [-0.25, -0.2) is 4.39 Å². The molecule has 0 bridgehead atoms. The van der Waals surface area contributed by atoms with Gasteiger partial charge in [0.15, 0.2) is 0 Å². The van der Waals surface area contributed by atoms with Crippen LogP contribution in [0, 0.1) is 5.82 Å². The van der Waals surface area contributed by atoms with Gasteiger partial charge in [0.2, 0.25) is 0 Å². The maximum absolute atomic E-state index is 13.1. The first kappa shape index (κ1) is 16.6. The van der Waals surface area contributed by atoms with Crippen molar-refractivity contribution in [3.05, 3.63) is 34.1 Å². The molecule has 1 unspecified atom stereocenters. The van der Waals surface area contributed by atoms with E-state index in [1.807, 2.05) is 6.07 Å². The second kappa shape index (κ2) is 9.45. The van der Waals surface area contributed by atoms with Gasteiger partial charge in [-0.05, 0) is 43.5 Å². The molecule has 0 aliphatic rings. The van der Waals surface area contributed by atoms with E-state index in [1.54, 1.807) is 0 Å². The van der Waals surface area contributed by atoms with Crippen LogP contribution in [0.15, 0.2) is 22.7 Å². The third kappa shape index (κ3) is 6.50. The predicted molar refractivity (Wildman–Crippen MR) is 81.0 cm³/mol. The van der Waals surface area contributed by atoms with E-state index in [-0.39, 0.29) is 5.82 Å². The van der Waals surface area contributed by atoms with Crippen molar-refractivity contribution in [3.63, 3.8) is 0 Å². The molecule has 0 saturated carbocycles. The average molecular weight is 332 g/mol. The van der Waals surface area contributed by atoms with Crippen LogP contribution in [0.2, 0.25) is 0 Å². The molecular formula is C15H23BrFNO. The highest BCUT2D eigenvalue weighted by Gasteiger charge is 2.11. The first-order chi connectivity index (χ1) is 9.17. The smallest absolute Gasteiger partial charge is 0.124 e. The Morgan fingerprint density at radius 1 is 1.32 bits per heavy atom. The number of nitrogens with one attached hydrogen (secondary N) is 1. The topological polar surface area (TPSA) is 21.3 Å². The van der Waals surface area contributed by atoms with Crippen molar-refractivity contribution in [2.45, 2.75) is 39.2 Å². The minimum absolute atomic E-state index is 0.207. The molecule has 1 aromatic rings. The quantitative estimate of drug-likeness (QED) is 0.692. The van der Waals surface area contributed by atoms with Gasteiger partial charge < -0.3 is 10.1 Å². The molecule has 0 aliphatic carbocycles. The minimum atomic E-state index is -0.207. The highest BCUT2D eigenvalue weighted by Crippen LogP contribution is 2.20. The normalized spacial score (nSPS) is 12.6. The molecule has 1 atom stereocenters. The van der Waals surface area contributed by atoms with E-state index in [0.717, 1.165) is 49.1 Å². The van der Waals surface area contributed by atoms with Crippen molar-refractivity contribution in [3.8, 4) is 0 Å². The van der Waals surface area contributed by atoms with Crippen LogP contribution >= 0.6 is 15.9 Å². The summed E-state index contributed by atoms with van der Waals surface area (Å²) in [6.45, 7) is 6.72. The summed E-state index contributed by atoms with van der Waals surface area (Å²) in [5, 5.41) is 3.46. The standard InChI is InChI=1S/C15H23BrFNO/c1-3-8-19-9-7-14(18-4-2)10-12-5-6-13(17)11-15(12)16/h5-6,11,14,18H,3-4,7-10H2,1-2H3. The number of hydrogen-bond donors (Lipinski definition) is 1. The first-order valence-electron chi connectivity index (χ1n) is 6.92. The van der Waals surface area contributed by atoms with Crippen LogP contribution in [0.3, 0.4) is 0 Å². The van der Waals surface area contributed by atoms with Gasteiger partial charge in [-0.1, -0.05) is 35.8 Å². The van der Waals surface area contributed by atoms with E-state index in [2.05, 4.69) is 35.1 Å². The number of halogens is 2. The van der Waals surface area contributed by atoms with Crippen LogP contribution in [0.1, 0.15) is 32.3 Å². The Labute approximate surface area is 123 Å². The molecule has 2 nitrogen and oxygen atoms in total. The van der Waals surface area contributed by atoms with Gasteiger partial charge in [-0.2, -0.15) is 0 Å². The van der Waals surface area contributed by atoms with Gasteiger partial charge in [0.05, 0.1) is 0 Å². The third-order valence-corrected chi connectivity index (χ3v) is 3.67. The maximum Gasteiger partial charge on any atom is 0.124 e. The van der Waals surface area contributed by atoms with Crippen molar-refractivity contribution in [1.29, 1.82) is 0 Å². The molecule has 1 N–H and O–H groups in total. The fourth-order valence-electron chi connectivity index (χ4n) is 1.99. The zero-order valence-corrected chi connectivity index (χ0v) is 13.3. The summed E-state index contributed by atoms with van der Waals surface area (Å²) in [6.07, 6.45) is 2.90. The highest BCUT2D eigenvalue weighted by molar-refractivity contribution is 9.10. The molecule has 0 saturated heterocycles. The van der Waals surface area contributed by atoms with E-state index < -0.39 is 0 Å². The predicted octanol–water partition coefficient (Wildman–Crippen LogP) is 3.93. The van der Waals surface area contributed by atoms with Crippen LogP contribution in [-0.4, -0.2) is 25.8 Å². The zero-order chi connectivity index (χ0) is 14.1. The number of likely N-dealkylation sites (N-methyl/N-ethyl adjacent to an activating group) is 1. The van der Waals surface area contributed by atoms with Crippen molar-refractivity contribution in [2.24, 2.45) is 0 Å². The van der Waals surface area contributed by atoms with E-state index in [1.165, 1.54) is 12.1 Å². The van der Waals surface area contributed by atoms with E-state index >= 15 is 0 Å². The lowest BCUT2D eigenvalue weighted by atomic mass is 10.0. The summed E-state index contributed by atoms with van der Waals surface area (Å²) in [5.41, 5.74) is 1.13. The Morgan fingerprint density at radius 2 is 2.11 bits per heavy atom. The molecule has 19 heavy (non-hydrogen) atoms. The van der Waals surface area contributed by atoms with Crippen molar-refractivity contribution < 1.29 is 9.13 Å².